The highest BCUT2D eigenvalue weighted by molar-refractivity contribution is 5.40. The SMILES string of the molecule is C=CC=CCC(COCC#CC)(c1ccccc1)c1ccccc1. The highest BCUT2D eigenvalue weighted by atomic mass is 16.5. The Morgan fingerprint density at radius 1 is 1.00 bits per heavy atom. The minimum Gasteiger partial charge on any atom is -0.367 e. The van der Waals surface area contributed by atoms with E-state index < -0.39 is 0 Å². The van der Waals surface area contributed by atoms with E-state index in [1.54, 1.807) is 0 Å². The van der Waals surface area contributed by atoms with Crippen molar-refractivity contribution in [3.05, 3.63) is 96.6 Å². The van der Waals surface area contributed by atoms with E-state index in [0.29, 0.717) is 13.2 Å². The Morgan fingerprint density at radius 3 is 2.08 bits per heavy atom. The van der Waals surface area contributed by atoms with Gasteiger partial charge in [0.25, 0.3) is 0 Å². The topological polar surface area (TPSA) is 9.23 Å². The van der Waals surface area contributed by atoms with Crippen molar-refractivity contribution < 1.29 is 4.74 Å². The van der Waals surface area contributed by atoms with E-state index in [1.165, 1.54) is 11.1 Å². The number of rotatable bonds is 8. The van der Waals surface area contributed by atoms with Gasteiger partial charge in [0.2, 0.25) is 0 Å². The smallest absolute Gasteiger partial charge is 0.107 e. The van der Waals surface area contributed by atoms with E-state index in [4.69, 9.17) is 4.74 Å². The van der Waals surface area contributed by atoms with Gasteiger partial charge in [-0.1, -0.05) is 91.4 Å². The Hall–Kier alpha value is -2.56. The molecule has 0 N–H and O–H groups in total. The summed E-state index contributed by atoms with van der Waals surface area (Å²) in [7, 11) is 0. The summed E-state index contributed by atoms with van der Waals surface area (Å²) in [5.74, 6) is 5.87. The highest BCUT2D eigenvalue weighted by Gasteiger charge is 2.33. The second-order valence-corrected chi connectivity index (χ2v) is 5.60. The van der Waals surface area contributed by atoms with E-state index >= 15 is 0 Å². The predicted octanol–water partition coefficient (Wildman–Crippen LogP) is 5.14. The van der Waals surface area contributed by atoms with Crippen LogP contribution < -0.4 is 0 Å². The first kappa shape index (κ1) is 17.8. The van der Waals surface area contributed by atoms with Crippen LogP contribution in [0.1, 0.15) is 24.5 Å². The molecule has 0 aliphatic heterocycles. The Kier molecular flexibility index (Phi) is 7.08. The van der Waals surface area contributed by atoms with Crippen molar-refractivity contribution in [2.75, 3.05) is 13.2 Å². The van der Waals surface area contributed by atoms with Gasteiger partial charge in [-0.3, -0.25) is 0 Å². The van der Waals surface area contributed by atoms with Crippen LogP contribution in [0.2, 0.25) is 0 Å². The predicted molar refractivity (Wildman–Crippen MR) is 102 cm³/mol. The van der Waals surface area contributed by atoms with Crippen molar-refractivity contribution >= 4 is 0 Å². The average Bonchev–Trinajstić information content (AvgIpc) is 2.65. The Morgan fingerprint density at radius 2 is 1.58 bits per heavy atom. The molecule has 0 saturated heterocycles. The molecular formula is C23H24O. The molecule has 0 heterocycles. The molecule has 0 amide bonds. The van der Waals surface area contributed by atoms with Crippen LogP contribution in [0, 0.1) is 11.8 Å². The molecule has 0 aromatic heterocycles. The Balaban J connectivity index is 2.46. The molecule has 1 nitrogen and oxygen atoms in total. The van der Waals surface area contributed by atoms with E-state index in [9.17, 15) is 0 Å². The van der Waals surface area contributed by atoms with Crippen LogP contribution in [0.4, 0.5) is 0 Å². The van der Waals surface area contributed by atoms with Crippen molar-refractivity contribution in [1.29, 1.82) is 0 Å². The lowest BCUT2D eigenvalue weighted by Crippen LogP contribution is -2.33. The van der Waals surface area contributed by atoms with Gasteiger partial charge in [0.05, 0.1) is 6.61 Å². The van der Waals surface area contributed by atoms with Crippen LogP contribution in [-0.4, -0.2) is 13.2 Å². The zero-order chi connectivity index (χ0) is 17.1. The number of hydrogen-bond donors (Lipinski definition) is 0. The molecule has 0 radical (unpaired) electrons. The molecule has 0 aliphatic carbocycles. The Labute approximate surface area is 145 Å². The normalized spacial score (nSPS) is 11.0. The van der Waals surface area contributed by atoms with Crippen LogP contribution >= 0.6 is 0 Å². The summed E-state index contributed by atoms with van der Waals surface area (Å²) in [5, 5.41) is 0. The van der Waals surface area contributed by atoms with Crippen molar-refractivity contribution in [1.82, 2.24) is 0 Å². The van der Waals surface area contributed by atoms with Crippen LogP contribution in [0.15, 0.2) is 85.5 Å². The van der Waals surface area contributed by atoms with E-state index in [0.717, 1.165) is 6.42 Å². The lowest BCUT2D eigenvalue weighted by Gasteiger charge is -2.34. The molecule has 2 aromatic rings. The van der Waals surface area contributed by atoms with Crippen molar-refractivity contribution in [2.45, 2.75) is 18.8 Å². The first-order chi connectivity index (χ1) is 11.8. The van der Waals surface area contributed by atoms with Crippen LogP contribution in [0.3, 0.4) is 0 Å². The van der Waals surface area contributed by atoms with Gasteiger partial charge in [-0.2, -0.15) is 0 Å². The lowest BCUT2D eigenvalue weighted by molar-refractivity contribution is 0.123. The summed E-state index contributed by atoms with van der Waals surface area (Å²) < 4.78 is 5.95. The summed E-state index contributed by atoms with van der Waals surface area (Å²) in [4.78, 5) is 0. The fourth-order valence-electron chi connectivity index (χ4n) is 2.86. The van der Waals surface area contributed by atoms with E-state index in [2.05, 4.69) is 73.0 Å². The zero-order valence-electron chi connectivity index (χ0n) is 14.2. The number of allylic oxidation sites excluding steroid dienone is 3. The lowest BCUT2D eigenvalue weighted by atomic mass is 9.72. The summed E-state index contributed by atoms with van der Waals surface area (Å²) in [6, 6.07) is 21.1. The third kappa shape index (κ3) is 4.47. The largest absolute Gasteiger partial charge is 0.367 e. The minimum atomic E-state index is -0.239. The zero-order valence-corrected chi connectivity index (χ0v) is 14.2. The maximum absolute atomic E-state index is 5.95. The maximum atomic E-state index is 5.95. The monoisotopic (exact) mass is 316 g/mol. The van der Waals surface area contributed by atoms with Crippen molar-refractivity contribution in [3.63, 3.8) is 0 Å². The summed E-state index contributed by atoms with van der Waals surface area (Å²) in [6.07, 6.45) is 6.80. The third-order valence-corrected chi connectivity index (χ3v) is 4.09. The van der Waals surface area contributed by atoms with Gasteiger partial charge in [0.15, 0.2) is 0 Å². The summed E-state index contributed by atoms with van der Waals surface area (Å²) in [5.41, 5.74) is 2.25. The molecule has 0 atom stereocenters. The fourth-order valence-corrected chi connectivity index (χ4v) is 2.86. The number of benzene rings is 2. The molecule has 0 saturated carbocycles. The molecule has 24 heavy (non-hydrogen) atoms. The van der Waals surface area contributed by atoms with Crippen LogP contribution in [0.5, 0.6) is 0 Å². The first-order valence-corrected chi connectivity index (χ1v) is 8.19. The molecule has 122 valence electrons. The van der Waals surface area contributed by atoms with E-state index in [1.807, 2.05) is 31.2 Å². The fraction of sp³-hybridized carbons (Fsp3) is 0.217. The molecule has 0 bridgehead atoms. The molecule has 0 aliphatic rings. The number of ether oxygens (including phenoxy) is 1. The highest BCUT2D eigenvalue weighted by Crippen LogP contribution is 2.36. The van der Waals surface area contributed by atoms with Gasteiger partial charge in [-0.05, 0) is 24.5 Å². The van der Waals surface area contributed by atoms with Gasteiger partial charge in [0.1, 0.15) is 6.61 Å². The van der Waals surface area contributed by atoms with Gasteiger partial charge in [-0.15, -0.1) is 5.92 Å². The molecular weight excluding hydrogens is 292 g/mol. The van der Waals surface area contributed by atoms with Gasteiger partial charge >= 0.3 is 0 Å². The molecule has 2 aromatic carbocycles. The van der Waals surface area contributed by atoms with Gasteiger partial charge < -0.3 is 4.74 Å². The van der Waals surface area contributed by atoms with E-state index in [-0.39, 0.29) is 5.41 Å². The second kappa shape index (κ2) is 9.55. The maximum Gasteiger partial charge on any atom is 0.107 e. The molecule has 0 spiro atoms. The van der Waals surface area contributed by atoms with Crippen molar-refractivity contribution in [2.24, 2.45) is 0 Å². The third-order valence-electron chi connectivity index (χ3n) is 4.09. The average molecular weight is 316 g/mol. The van der Waals surface area contributed by atoms with Gasteiger partial charge in [-0.25, -0.2) is 0 Å². The standard InChI is InChI=1S/C23H24O/c1-3-5-13-18-23(20-24-19-6-4-2,21-14-9-7-10-15-21)22-16-11-8-12-17-22/h3,5,7-17H,1,18-20H2,2H3. The quantitative estimate of drug-likeness (QED) is 0.372. The molecule has 0 fully saturated rings. The van der Waals surface area contributed by atoms with Gasteiger partial charge in [0, 0.05) is 5.41 Å². The minimum absolute atomic E-state index is 0.239. The van der Waals surface area contributed by atoms with Crippen LogP contribution in [-0.2, 0) is 10.2 Å². The molecule has 0 unspecified atom stereocenters. The second-order valence-electron chi connectivity index (χ2n) is 5.60. The van der Waals surface area contributed by atoms with Crippen molar-refractivity contribution in [3.8, 4) is 11.8 Å². The molecule has 2 rings (SSSR count). The summed E-state index contributed by atoms with van der Waals surface area (Å²) >= 11 is 0. The van der Waals surface area contributed by atoms with Crippen LogP contribution in [0.25, 0.3) is 0 Å². The molecule has 1 heteroatoms. The number of hydrogen-bond acceptors (Lipinski definition) is 1. The summed E-state index contributed by atoms with van der Waals surface area (Å²) in [6.45, 7) is 6.64. The first-order valence-electron chi connectivity index (χ1n) is 8.19. The Bertz CT molecular complexity index is 662.